The number of aryl methyl sites for hydroxylation is 1. The summed E-state index contributed by atoms with van der Waals surface area (Å²) in [4.78, 5) is 9.33. The second-order valence-electron chi connectivity index (χ2n) is 7.56. The van der Waals surface area contributed by atoms with Gasteiger partial charge in [0.1, 0.15) is 5.82 Å². The van der Waals surface area contributed by atoms with Crippen molar-refractivity contribution in [1.29, 1.82) is 0 Å². The summed E-state index contributed by atoms with van der Waals surface area (Å²) in [5, 5.41) is 12.2. The van der Waals surface area contributed by atoms with Gasteiger partial charge in [0.15, 0.2) is 5.65 Å². The second kappa shape index (κ2) is 5.67. The first-order valence-electron chi connectivity index (χ1n) is 9.15. The molecule has 0 amide bonds. The molecule has 3 aromatic rings. The van der Waals surface area contributed by atoms with Gasteiger partial charge in [-0.25, -0.2) is 0 Å². The minimum Gasteiger partial charge on any atom is -0.366 e. The number of hydrogen-bond acceptors (Lipinski definition) is 6. The van der Waals surface area contributed by atoms with E-state index in [1.54, 1.807) is 4.68 Å². The van der Waals surface area contributed by atoms with E-state index in [-0.39, 0.29) is 6.04 Å². The Morgan fingerprint density at radius 2 is 2.08 bits per heavy atom. The van der Waals surface area contributed by atoms with Crippen molar-refractivity contribution in [3.8, 4) is 0 Å². The van der Waals surface area contributed by atoms with E-state index in [2.05, 4.69) is 20.7 Å². The molecule has 5 rings (SSSR count). The van der Waals surface area contributed by atoms with Crippen LogP contribution < -0.4 is 16.4 Å². The number of nitrogens with two attached hydrogens (primary N) is 1. The van der Waals surface area contributed by atoms with Crippen LogP contribution in [0.15, 0.2) is 36.5 Å². The van der Waals surface area contributed by atoms with Gasteiger partial charge in [0.2, 0.25) is 5.95 Å². The standard InChI is InChI=1S/C19H23N7/c1-26-17-13(10-22-26)16(23-15-9-19(15)7-8-19)24-18(25-17)21-11-14(20)12-5-3-2-4-6-12/h2-6,10,14-15H,7-9,11,20H2,1H3,(H2,21,23,24,25)/t14-,15?/m0/s1. The first-order valence-corrected chi connectivity index (χ1v) is 9.15. The molecule has 0 aliphatic heterocycles. The molecular formula is C19H23N7. The molecule has 1 spiro atoms. The minimum absolute atomic E-state index is 0.114. The Labute approximate surface area is 152 Å². The zero-order valence-electron chi connectivity index (χ0n) is 14.8. The van der Waals surface area contributed by atoms with Crippen LogP contribution in [0.25, 0.3) is 11.0 Å². The van der Waals surface area contributed by atoms with Crippen molar-refractivity contribution >= 4 is 22.8 Å². The molecule has 1 aromatic carbocycles. The van der Waals surface area contributed by atoms with E-state index in [9.17, 15) is 0 Å². The maximum atomic E-state index is 6.29. The SMILES string of the molecule is Cn1ncc2c(NC3CC34CC4)nc(NC[C@H](N)c3ccccc3)nc21. The monoisotopic (exact) mass is 349 g/mol. The van der Waals surface area contributed by atoms with Crippen LogP contribution in [-0.4, -0.2) is 32.3 Å². The van der Waals surface area contributed by atoms with Crippen molar-refractivity contribution in [3.05, 3.63) is 42.1 Å². The predicted molar refractivity (Wildman–Crippen MR) is 102 cm³/mol. The third kappa shape index (κ3) is 2.68. The maximum Gasteiger partial charge on any atom is 0.226 e. The molecule has 2 aliphatic rings. The smallest absolute Gasteiger partial charge is 0.226 e. The van der Waals surface area contributed by atoms with E-state index in [1.807, 2.05) is 43.6 Å². The third-order valence-corrected chi connectivity index (χ3v) is 5.69. The highest BCUT2D eigenvalue weighted by Crippen LogP contribution is 2.66. The molecular weight excluding hydrogens is 326 g/mol. The molecule has 2 heterocycles. The van der Waals surface area contributed by atoms with Gasteiger partial charge in [0.25, 0.3) is 0 Å². The molecule has 0 bridgehead atoms. The van der Waals surface area contributed by atoms with Crippen LogP contribution in [-0.2, 0) is 7.05 Å². The van der Waals surface area contributed by atoms with Crippen molar-refractivity contribution in [2.45, 2.75) is 31.3 Å². The van der Waals surface area contributed by atoms with Crippen LogP contribution in [0.5, 0.6) is 0 Å². The number of nitrogens with zero attached hydrogens (tertiary/aromatic N) is 4. The normalized spacial score (nSPS) is 20.9. The summed E-state index contributed by atoms with van der Waals surface area (Å²) in [6, 6.07) is 10.5. The molecule has 1 unspecified atom stereocenters. The highest BCUT2D eigenvalue weighted by Gasteiger charge is 2.63. The maximum absolute atomic E-state index is 6.29. The number of nitrogens with one attached hydrogen (secondary N) is 2. The molecule has 0 saturated heterocycles. The van der Waals surface area contributed by atoms with Crippen LogP contribution in [0.2, 0.25) is 0 Å². The summed E-state index contributed by atoms with van der Waals surface area (Å²) in [6.07, 6.45) is 5.76. The number of hydrogen-bond donors (Lipinski definition) is 3. The summed E-state index contributed by atoms with van der Waals surface area (Å²) < 4.78 is 1.78. The summed E-state index contributed by atoms with van der Waals surface area (Å²) in [5.41, 5.74) is 8.76. The second-order valence-corrected chi connectivity index (χ2v) is 7.56. The van der Waals surface area contributed by atoms with Gasteiger partial charge in [-0.2, -0.15) is 15.1 Å². The van der Waals surface area contributed by atoms with E-state index in [1.165, 1.54) is 19.3 Å². The number of benzene rings is 1. The molecule has 134 valence electrons. The fourth-order valence-electron chi connectivity index (χ4n) is 3.66. The quantitative estimate of drug-likeness (QED) is 0.633. The van der Waals surface area contributed by atoms with E-state index >= 15 is 0 Å². The van der Waals surface area contributed by atoms with Gasteiger partial charge in [-0.3, -0.25) is 4.68 Å². The summed E-state index contributed by atoms with van der Waals surface area (Å²) in [6.45, 7) is 0.570. The zero-order valence-corrected chi connectivity index (χ0v) is 14.8. The predicted octanol–water partition coefficient (Wildman–Crippen LogP) is 2.44. The van der Waals surface area contributed by atoms with E-state index < -0.39 is 0 Å². The van der Waals surface area contributed by atoms with Crippen molar-refractivity contribution < 1.29 is 0 Å². The highest BCUT2D eigenvalue weighted by molar-refractivity contribution is 5.87. The first kappa shape index (κ1) is 15.6. The van der Waals surface area contributed by atoms with Crippen molar-refractivity contribution in [1.82, 2.24) is 19.7 Å². The van der Waals surface area contributed by atoms with Crippen LogP contribution >= 0.6 is 0 Å². The molecule has 2 fully saturated rings. The topological polar surface area (TPSA) is 93.7 Å². The molecule has 2 saturated carbocycles. The number of aromatic nitrogens is 4. The lowest BCUT2D eigenvalue weighted by Gasteiger charge is -2.14. The van der Waals surface area contributed by atoms with Crippen molar-refractivity contribution in [2.24, 2.45) is 18.2 Å². The lowest BCUT2D eigenvalue weighted by molar-refractivity contribution is 0.756. The Kier molecular flexibility index (Phi) is 3.40. The average Bonchev–Trinajstić information content (AvgIpc) is 3.55. The minimum atomic E-state index is -0.114. The summed E-state index contributed by atoms with van der Waals surface area (Å²) in [7, 11) is 1.90. The Hall–Kier alpha value is -2.67. The molecule has 26 heavy (non-hydrogen) atoms. The first-order chi connectivity index (χ1) is 12.6. The Bertz CT molecular complexity index is 945. The Morgan fingerprint density at radius 1 is 1.27 bits per heavy atom. The number of fused-ring (bicyclic) bond motifs is 1. The molecule has 2 aliphatic carbocycles. The fourth-order valence-corrected chi connectivity index (χ4v) is 3.66. The lowest BCUT2D eigenvalue weighted by Crippen LogP contribution is -2.21. The van der Waals surface area contributed by atoms with Crippen LogP contribution in [0.4, 0.5) is 11.8 Å². The summed E-state index contributed by atoms with van der Waals surface area (Å²) >= 11 is 0. The van der Waals surface area contributed by atoms with Crippen LogP contribution in [0, 0.1) is 5.41 Å². The van der Waals surface area contributed by atoms with Gasteiger partial charge in [0, 0.05) is 25.7 Å². The molecule has 2 aromatic heterocycles. The van der Waals surface area contributed by atoms with E-state index in [0.717, 1.165) is 22.4 Å². The van der Waals surface area contributed by atoms with E-state index in [0.29, 0.717) is 23.9 Å². The molecule has 0 radical (unpaired) electrons. The highest BCUT2D eigenvalue weighted by atomic mass is 15.3. The van der Waals surface area contributed by atoms with Crippen molar-refractivity contribution in [2.75, 3.05) is 17.2 Å². The molecule has 7 heteroatoms. The van der Waals surface area contributed by atoms with Crippen LogP contribution in [0.1, 0.15) is 30.9 Å². The van der Waals surface area contributed by atoms with Crippen molar-refractivity contribution in [3.63, 3.8) is 0 Å². The van der Waals surface area contributed by atoms with E-state index in [4.69, 9.17) is 10.7 Å². The van der Waals surface area contributed by atoms with Crippen LogP contribution in [0.3, 0.4) is 0 Å². The Balaban J connectivity index is 1.37. The molecule has 4 N–H and O–H groups in total. The molecule has 7 nitrogen and oxygen atoms in total. The van der Waals surface area contributed by atoms with Gasteiger partial charge in [-0.15, -0.1) is 0 Å². The number of anilines is 2. The average molecular weight is 349 g/mol. The van der Waals surface area contributed by atoms with Gasteiger partial charge in [-0.1, -0.05) is 30.3 Å². The van der Waals surface area contributed by atoms with Gasteiger partial charge < -0.3 is 16.4 Å². The largest absolute Gasteiger partial charge is 0.366 e. The Morgan fingerprint density at radius 3 is 2.81 bits per heavy atom. The number of rotatable bonds is 6. The van der Waals surface area contributed by atoms with Gasteiger partial charge >= 0.3 is 0 Å². The summed E-state index contributed by atoms with van der Waals surface area (Å²) in [5.74, 6) is 1.45. The third-order valence-electron chi connectivity index (χ3n) is 5.69. The van der Waals surface area contributed by atoms with Gasteiger partial charge in [0.05, 0.1) is 11.6 Å². The zero-order chi connectivity index (χ0) is 17.7. The van der Waals surface area contributed by atoms with Gasteiger partial charge in [-0.05, 0) is 30.2 Å². The fraction of sp³-hybridized carbons (Fsp3) is 0.421. The molecule has 2 atom stereocenters. The lowest BCUT2D eigenvalue weighted by atomic mass is 10.1.